The number of halogens is 1. The summed E-state index contributed by atoms with van der Waals surface area (Å²) in [5, 5.41) is 0. The van der Waals surface area contributed by atoms with E-state index in [4.69, 9.17) is 5.73 Å². The van der Waals surface area contributed by atoms with Crippen molar-refractivity contribution in [2.45, 2.75) is 26.3 Å². The minimum Gasteiger partial charge on any atom is -0.321 e. The lowest BCUT2D eigenvalue weighted by molar-refractivity contribution is -0.111. The maximum Gasteiger partial charge on any atom is 0.209 e. The van der Waals surface area contributed by atoms with Crippen LogP contribution in [0.3, 0.4) is 0 Å². The molecule has 2 N–H and O–H groups in total. The van der Waals surface area contributed by atoms with Crippen LogP contribution in [0.1, 0.15) is 20.3 Å². The normalized spacial score (nSPS) is 16.9. The average molecular weight is 241 g/mol. The monoisotopic (exact) mass is 241 g/mol. The van der Waals surface area contributed by atoms with E-state index >= 15 is 0 Å². The summed E-state index contributed by atoms with van der Waals surface area (Å²) in [7, 11) is 0. The van der Waals surface area contributed by atoms with Crippen molar-refractivity contribution < 1.29 is 4.79 Å². The molecule has 0 saturated heterocycles. The molecule has 0 amide bonds. The zero-order valence-corrected chi connectivity index (χ0v) is 7.88. The fourth-order valence-corrected chi connectivity index (χ4v) is 1.09. The third-order valence-corrected chi connectivity index (χ3v) is 2.24. The van der Waals surface area contributed by atoms with Crippen LogP contribution >= 0.6 is 22.6 Å². The summed E-state index contributed by atoms with van der Waals surface area (Å²) >= 11 is 1.74. The van der Waals surface area contributed by atoms with Gasteiger partial charge in [0.15, 0.2) is 0 Å². The smallest absolute Gasteiger partial charge is 0.209 e. The van der Waals surface area contributed by atoms with E-state index in [2.05, 4.69) is 0 Å². The van der Waals surface area contributed by atoms with Crippen molar-refractivity contribution in [3.63, 3.8) is 0 Å². The quantitative estimate of drug-likeness (QED) is 0.598. The molecule has 0 bridgehead atoms. The van der Waals surface area contributed by atoms with Gasteiger partial charge in [0.1, 0.15) is 0 Å². The van der Waals surface area contributed by atoms with Gasteiger partial charge in [0.2, 0.25) is 3.79 Å². The number of hydrogen-bond donors (Lipinski definition) is 1. The van der Waals surface area contributed by atoms with Gasteiger partial charge in [-0.05, 0) is 5.92 Å². The number of carbonyl (C=O) groups excluding carboxylic acids is 1. The topological polar surface area (TPSA) is 43.1 Å². The van der Waals surface area contributed by atoms with Crippen molar-refractivity contribution in [1.29, 1.82) is 0 Å². The van der Waals surface area contributed by atoms with Gasteiger partial charge in [-0.25, -0.2) is 0 Å². The van der Waals surface area contributed by atoms with Gasteiger partial charge in [0.05, 0.1) is 6.04 Å². The number of hydrogen-bond acceptors (Lipinski definition) is 2. The zero-order chi connectivity index (χ0) is 7.44. The molecule has 0 fully saturated rings. The lowest BCUT2D eigenvalue weighted by Crippen LogP contribution is -2.33. The summed E-state index contributed by atoms with van der Waals surface area (Å²) in [5.41, 5.74) is 5.51. The molecule has 2 unspecified atom stereocenters. The molecule has 3 heteroatoms. The van der Waals surface area contributed by atoms with Gasteiger partial charge in [0, 0.05) is 22.6 Å². The molecule has 0 aliphatic heterocycles. The molecule has 0 rings (SSSR count). The van der Waals surface area contributed by atoms with Gasteiger partial charge < -0.3 is 5.73 Å². The minimum absolute atomic E-state index is 0.0574. The van der Waals surface area contributed by atoms with Crippen LogP contribution in [0.25, 0.3) is 0 Å². The molecule has 0 saturated carbocycles. The second-order valence-corrected chi connectivity index (χ2v) is 3.28. The Labute approximate surface area is 69.3 Å². The first-order chi connectivity index (χ1) is 4.09. The fourth-order valence-electron chi connectivity index (χ4n) is 0.478. The zero-order valence-electron chi connectivity index (χ0n) is 5.73. The predicted octanol–water partition coefficient (Wildman–Crippen LogP) is 1.32. The highest BCUT2D eigenvalue weighted by Gasteiger charge is 2.15. The van der Waals surface area contributed by atoms with Gasteiger partial charge in [-0.3, -0.25) is 4.79 Å². The molecule has 2 atom stereocenters. The summed E-state index contributed by atoms with van der Waals surface area (Å²) in [6.45, 7) is 4.02. The number of carbonyl (C=O) groups is 1. The van der Waals surface area contributed by atoms with E-state index in [0.29, 0.717) is 5.92 Å². The molecule has 54 valence electrons. The highest BCUT2D eigenvalue weighted by atomic mass is 127. The molecule has 2 nitrogen and oxygen atoms in total. The van der Waals surface area contributed by atoms with E-state index in [1.54, 1.807) is 22.6 Å². The third kappa shape index (κ3) is 3.15. The molecule has 0 aliphatic rings. The van der Waals surface area contributed by atoms with Gasteiger partial charge in [-0.1, -0.05) is 20.3 Å². The standard InChI is InChI=1S/C6H12INO/c1-3-4(2)5(8)6(7)9/h4-5H,3,8H2,1-2H3. The van der Waals surface area contributed by atoms with Crippen LogP contribution in [0, 0.1) is 5.92 Å². The Kier molecular flexibility index (Phi) is 4.39. The Morgan fingerprint density at radius 1 is 1.78 bits per heavy atom. The third-order valence-electron chi connectivity index (χ3n) is 1.52. The first-order valence-electron chi connectivity index (χ1n) is 3.04. The van der Waals surface area contributed by atoms with Crippen LogP contribution in [0.4, 0.5) is 0 Å². The van der Waals surface area contributed by atoms with E-state index in [1.807, 2.05) is 13.8 Å². The van der Waals surface area contributed by atoms with Gasteiger partial charge in [0.25, 0.3) is 0 Å². The molecule has 0 aromatic carbocycles. The van der Waals surface area contributed by atoms with Crippen molar-refractivity contribution in [1.82, 2.24) is 0 Å². The summed E-state index contributed by atoms with van der Waals surface area (Å²) in [5.74, 6) is 0.314. The minimum atomic E-state index is -0.268. The van der Waals surface area contributed by atoms with Gasteiger partial charge in [-0.15, -0.1) is 0 Å². The second kappa shape index (κ2) is 4.22. The Morgan fingerprint density at radius 3 is 2.33 bits per heavy atom. The fraction of sp³-hybridized carbons (Fsp3) is 0.833. The van der Waals surface area contributed by atoms with Crippen molar-refractivity contribution >= 4 is 26.4 Å². The van der Waals surface area contributed by atoms with E-state index in [1.165, 1.54) is 0 Å². The Morgan fingerprint density at radius 2 is 2.22 bits per heavy atom. The lowest BCUT2D eigenvalue weighted by atomic mass is 10.0. The maximum atomic E-state index is 10.6. The summed E-state index contributed by atoms with van der Waals surface area (Å²) in [6, 6.07) is -0.268. The van der Waals surface area contributed by atoms with Crippen LogP contribution in [0.15, 0.2) is 0 Å². The summed E-state index contributed by atoms with van der Waals surface area (Å²) in [4.78, 5) is 10.6. The second-order valence-electron chi connectivity index (χ2n) is 2.22. The number of nitrogens with two attached hydrogens (primary N) is 1. The summed E-state index contributed by atoms with van der Waals surface area (Å²) < 4.78 is 0.0574. The molecular formula is C6H12INO. The summed E-state index contributed by atoms with van der Waals surface area (Å²) in [6.07, 6.45) is 0.968. The molecule has 0 radical (unpaired) electrons. The first-order valence-corrected chi connectivity index (χ1v) is 4.12. The Bertz CT molecular complexity index is 105. The van der Waals surface area contributed by atoms with Crippen LogP contribution < -0.4 is 5.73 Å². The number of rotatable bonds is 3. The first kappa shape index (κ1) is 9.36. The van der Waals surface area contributed by atoms with E-state index in [0.717, 1.165) is 6.42 Å². The van der Waals surface area contributed by atoms with Crippen molar-refractivity contribution in [2.24, 2.45) is 11.7 Å². The van der Waals surface area contributed by atoms with Crippen LogP contribution in [-0.2, 0) is 4.79 Å². The predicted molar refractivity (Wildman–Crippen MR) is 46.5 cm³/mol. The highest BCUT2D eigenvalue weighted by molar-refractivity contribution is 14.1. The molecule has 0 aliphatic carbocycles. The van der Waals surface area contributed by atoms with Crippen molar-refractivity contribution in [2.75, 3.05) is 0 Å². The largest absolute Gasteiger partial charge is 0.321 e. The lowest BCUT2D eigenvalue weighted by Gasteiger charge is -2.12. The van der Waals surface area contributed by atoms with Gasteiger partial charge >= 0.3 is 0 Å². The molecule has 9 heavy (non-hydrogen) atoms. The van der Waals surface area contributed by atoms with Crippen LogP contribution in [-0.4, -0.2) is 9.83 Å². The molecule has 0 spiro atoms. The van der Waals surface area contributed by atoms with E-state index in [9.17, 15) is 4.79 Å². The van der Waals surface area contributed by atoms with Crippen LogP contribution in [0.2, 0.25) is 0 Å². The molecule has 0 aromatic heterocycles. The molecule has 0 aromatic rings. The van der Waals surface area contributed by atoms with Crippen molar-refractivity contribution in [3.8, 4) is 0 Å². The van der Waals surface area contributed by atoms with E-state index < -0.39 is 0 Å². The Balaban J connectivity index is 3.72. The molecule has 0 heterocycles. The van der Waals surface area contributed by atoms with Crippen molar-refractivity contribution in [3.05, 3.63) is 0 Å². The highest BCUT2D eigenvalue weighted by Crippen LogP contribution is 2.08. The van der Waals surface area contributed by atoms with Gasteiger partial charge in [-0.2, -0.15) is 0 Å². The SMILES string of the molecule is CCC(C)C(N)C(=O)I. The van der Waals surface area contributed by atoms with E-state index in [-0.39, 0.29) is 9.83 Å². The van der Waals surface area contributed by atoms with Crippen LogP contribution in [0.5, 0.6) is 0 Å². The maximum absolute atomic E-state index is 10.6. The average Bonchev–Trinajstić information content (AvgIpc) is 1.84. The Hall–Kier alpha value is 0.360. The molecular weight excluding hydrogens is 229 g/mol.